The predicted octanol–water partition coefficient (Wildman–Crippen LogP) is 17.3. The van der Waals surface area contributed by atoms with Gasteiger partial charge in [0, 0.05) is 42.4 Å². The van der Waals surface area contributed by atoms with Crippen molar-refractivity contribution in [3.63, 3.8) is 0 Å². The van der Waals surface area contributed by atoms with Gasteiger partial charge in [-0.05, 0) is 139 Å². The van der Waals surface area contributed by atoms with Crippen molar-refractivity contribution in [2.24, 2.45) is 0 Å². The van der Waals surface area contributed by atoms with E-state index in [0.29, 0.717) is 59.7 Å². The first-order valence-corrected chi connectivity index (χ1v) is 33.4. The van der Waals surface area contributed by atoms with Gasteiger partial charge in [-0.1, -0.05) is 199 Å². The van der Waals surface area contributed by atoms with Gasteiger partial charge in [-0.25, -0.2) is 14.4 Å². The van der Waals surface area contributed by atoms with Crippen LogP contribution in [0.5, 0.6) is 23.0 Å². The number of esters is 3. The van der Waals surface area contributed by atoms with Crippen LogP contribution in [0, 0.1) is 0 Å². The van der Waals surface area contributed by atoms with Crippen LogP contribution in [0.25, 0.3) is 0 Å². The molecule has 0 fully saturated rings. The zero-order chi connectivity index (χ0) is 62.8. The van der Waals surface area contributed by atoms with Crippen LogP contribution in [0.1, 0.15) is 244 Å². The van der Waals surface area contributed by atoms with E-state index in [1.165, 1.54) is 80.0 Å². The lowest BCUT2D eigenvalue weighted by Crippen LogP contribution is -2.16. The molecular weight excluding hydrogens is 1090 g/mol. The maximum Gasteiger partial charge on any atom is 0.333 e. The van der Waals surface area contributed by atoms with E-state index in [2.05, 4.69) is 96.0 Å². The summed E-state index contributed by atoms with van der Waals surface area (Å²) in [4.78, 5) is 38.4. The summed E-state index contributed by atoms with van der Waals surface area (Å²) in [6.07, 6.45) is 28.0. The number of carbonyl (C=O) groups excluding carboxylic acids is 3. The molecule has 0 unspecified atom stereocenters. The third kappa shape index (κ3) is 25.0. The number of aryl methyl sites for hydroxylation is 4. The van der Waals surface area contributed by atoms with Crippen LogP contribution in [-0.2, 0) is 80.0 Å². The minimum atomic E-state index is -0.475. The van der Waals surface area contributed by atoms with Crippen LogP contribution in [0.15, 0.2) is 85.0 Å². The van der Waals surface area contributed by atoms with Crippen LogP contribution < -0.4 is 18.9 Å². The number of carbonyl (C=O) groups is 3. The first-order chi connectivity index (χ1) is 42.2. The van der Waals surface area contributed by atoms with Crippen LogP contribution in [0.4, 0.5) is 0 Å². The molecule has 11 nitrogen and oxygen atoms in total. The van der Waals surface area contributed by atoms with Gasteiger partial charge >= 0.3 is 17.9 Å². The van der Waals surface area contributed by atoms with Gasteiger partial charge in [-0.15, -0.1) is 0 Å². The normalized spacial score (nSPS) is 11.9. The summed E-state index contributed by atoms with van der Waals surface area (Å²) >= 11 is 0. The minimum Gasteiger partial charge on any atom is -0.491 e. The third-order valence-corrected chi connectivity index (χ3v) is 16.1. The second kappa shape index (κ2) is 40.3. The second-order valence-electron chi connectivity index (χ2n) is 24.2. The van der Waals surface area contributed by atoms with E-state index in [-0.39, 0.29) is 52.9 Å². The lowest BCUT2D eigenvalue weighted by molar-refractivity contribution is -0.140. The number of ether oxygens (including phenoxy) is 7. The van der Waals surface area contributed by atoms with Crippen molar-refractivity contribution >= 4 is 17.9 Å². The molecule has 0 heterocycles. The van der Waals surface area contributed by atoms with E-state index in [4.69, 9.17) is 33.2 Å². The molecule has 11 heteroatoms. The molecule has 0 saturated heterocycles. The molecule has 8 bridgehead atoms. The van der Waals surface area contributed by atoms with E-state index in [1.54, 1.807) is 20.8 Å². The third-order valence-electron chi connectivity index (χ3n) is 16.1. The lowest BCUT2D eigenvalue weighted by atomic mass is 9.87. The number of fused-ring (bicyclic) bond motifs is 8. The Hall–Kier alpha value is -6.33. The molecule has 1 aliphatic rings. The number of benzene rings is 4. The molecule has 0 radical (unpaired) electrons. The summed E-state index contributed by atoms with van der Waals surface area (Å²) in [5.41, 5.74) is 13.6. The number of hydrogen-bond acceptors (Lipinski definition) is 11. The summed E-state index contributed by atoms with van der Waals surface area (Å²) < 4.78 is 44.9. The molecule has 1 N–H and O–H groups in total. The fraction of sp³-hybridized carbons (Fsp3) is 0.566. The Kier molecular flexibility index (Phi) is 33.1. The fourth-order valence-corrected chi connectivity index (χ4v) is 11.6. The van der Waals surface area contributed by atoms with Crippen molar-refractivity contribution in [1.29, 1.82) is 0 Å². The van der Waals surface area contributed by atoms with Crippen molar-refractivity contribution in [2.75, 3.05) is 52.9 Å². The summed E-state index contributed by atoms with van der Waals surface area (Å²) in [6.45, 7) is 25.7. The van der Waals surface area contributed by atoms with Crippen molar-refractivity contribution in [2.45, 2.75) is 228 Å². The van der Waals surface area contributed by atoms with Gasteiger partial charge in [-0.2, -0.15) is 0 Å². The molecule has 5 rings (SSSR count). The SMILES string of the molecule is C=C(C)C(=O)OCCOc1c2cc(CCCCCCC)cc1Cc1cc(CCCCCCC)cc(c1OCCOC(=O)C(=C)C)Cc1cc(CCCCCCC)cc(c1OCCOC(=O)C(=C)C)Cc1cc(CCCCCCC)cc(c1OCCO)C2. The average molecular weight is 1200 g/mol. The van der Waals surface area contributed by atoms with E-state index in [1.807, 2.05) is 0 Å². The number of hydrogen-bond donors (Lipinski definition) is 1. The number of aliphatic hydroxyl groups is 1. The fourth-order valence-electron chi connectivity index (χ4n) is 11.6. The minimum absolute atomic E-state index is 0.0206. The van der Waals surface area contributed by atoms with Crippen LogP contribution >= 0.6 is 0 Å². The lowest BCUT2D eigenvalue weighted by Gasteiger charge is -2.25. The summed E-state index contributed by atoms with van der Waals surface area (Å²) in [5, 5.41) is 10.5. The van der Waals surface area contributed by atoms with Gasteiger partial charge in [0.05, 0.1) is 6.61 Å². The number of aliphatic hydroxyl groups excluding tert-OH is 1. The zero-order valence-corrected chi connectivity index (χ0v) is 54.7. The highest BCUT2D eigenvalue weighted by Crippen LogP contribution is 2.42. The summed E-state index contributed by atoms with van der Waals surface area (Å²) in [5.74, 6) is 1.45. The molecule has 4 aromatic rings. The summed E-state index contributed by atoms with van der Waals surface area (Å²) in [7, 11) is 0. The molecule has 0 saturated carbocycles. The van der Waals surface area contributed by atoms with Crippen molar-refractivity contribution in [3.8, 4) is 23.0 Å². The Morgan fingerprint density at radius 1 is 0.333 bits per heavy atom. The molecule has 1 aliphatic carbocycles. The topological polar surface area (TPSA) is 136 Å². The van der Waals surface area contributed by atoms with E-state index in [9.17, 15) is 19.5 Å². The van der Waals surface area contributed by atoms with E-state index in [0.717, 1.165) is 147 Å². The van der Waals surface area contributed by atoms with Crippen molar-refractivity contribution < 1.29 is 52.6 Å². The molecule has 87 heavy (non-hydrogen) atoms. The molecule has 0 atom stereocenters. The highest BCUT2D eigenvalue weighted by molar-refractivity contribution is 5.87. The van der Waals surface area contributed by atoms with Gasteiger partial charge in [-0.3, -0.25) is 0 Å². The van der Waals surface area contributed by atoms with E-state index < -0.39 is 17.9 Å². The van der Waals surface area contributed by atoms with Crippen LogP contribution in [0.2, 0.25) is 0 Å². The Labute approximate surface area is 524 Å². The average Bonchev–Trinajstić information content (AvgIpc) is 1.41. The van der Waals surface area contributed by atoms with Crippen molar-refractivity contribution in [3.05, 3.63) is 152 Å². The maximum absolute atomic E-state index is 12.8. The molecule has 0 aliphatic heterocycles. The highest BCUT2D eigenvalue weighted by Gasteiger charge is 2.26. The molecule has 0 amide bonds. The molecule has 478 valence electrons. The van der Waals surface area contributed by atoms with Gasteiger partial charge < -0.3 is 38.3 Å². The Morgan fingerprint density at radius 2 is 0.540 bits per heavy atom. The zero-order valence-electron chi connectivity index (χ0n) is 54.7. The van der Waals surface area contributed by atoms with Gasteiger partial charge in [0.2, 0.25) is 0 Å². The second-order valence-corrected chi connectivity index (χ2v) is 24.2. The number of unbranched alkanes of at least 4 members (excludes halogenated alkanes) is 16. The standard InChI is InChI=1S/C76H108O11/c1-11-15-19-23-27-31-58-43-62-51-64-45-59(32-28-24-20-16-12-2)47-66(71(64)82-37-40-85-74(78)55(5)6)53-68-49-61(34-30-26-22-18-14-4)50-69(73(68)84-39-42-87-76(80)57(9)10)54-67-48-60(33-29-25-21-17-13-3)46-65(52-63(44-58)70(62)81-36-35-77)72(67)83-38-41-86-75(79)56(7)8/h43-50,77H,5,7,9,11-42,51-54H2,1-4,6,8,10H3. The smallest absolute Gasteiger partial charge is 0.333 e. The summed E-state index contributed by atoms with van der Waals surface area (Å²) in [6, 6.07) is 18.5. The molecular formula is C76H108O11. The van der Waals surface area contributed by atoms with Crippen molar-refractivity contribution in [1.82, 2.24) is 0 Å². The first kappa shape index (κ1) is 71.4. The highest BCUT2D eigenvalue weighted by atomic mass is 16.6. The van der Waals surface area contributed by atoms with Gasteiger partial charge in [0.25, 0.3) is 0 Å². The largest absolute Gasteiger partial charge is 0.491 e. The monoisotopic (exact) mass is 1200 g/mol. The molecule has 0 aromatic heterocycles. The predicted molar refractivity (Wildman–Crippen MR) is 353 cm³/mol. The van der Waals surface area contributed by atoms with Crippen LogP contribution in [-0.4, -0.2) is 75.9 Å². The Bertz CT molecular complexity index is 2670. The molecule has 4 aromatic carbocycles. The first-order valence-electron chi connectivity index (χ1n) is 33.4. The molecule has 0 spiro atoms. The Morgan fingerprint density at radius 3 is 0.736 bits per heavy atom. The van der Waals surface area contributed by atoms with Crippen LogP contribution in [0.3, 0.4) is 0 Å². The quantitative estimate of drug-likeness (QED) is 0.0173. The number of rotatable bonds is 42. The maximum atomic E-state index is 12.8. The van der Waals surface area contributed by atoms with Gasteiger partial charge in [0.1, 0.15) is 69.2 Å². The van der Waals surface area contributed by atoms with Gasteiger partial charge in [0.15, 0.2) is 0 Å². The Balaban J connectivity index is 1.92. The van der Waals surface area contributed by atoms with E-state index >= 15 is 0 Å².